The fourth-order valence-electron chi connectivity index (χ4n) is 28.4. The van der Waals surface area contributed by atoms with Crippen LogP contribution in [0.25, 0.3) is 0 Å². The molecular weight excluding hydrogens is 817 g/mol. The first-order chi connectivity index (χ1) is 33.8. The molecule has 0 aliphatic heterocycles. The van der Waals surface area contributed by atoms with Crippen molar-refractivity contribution in [2.45, 2.75) is 257 Å². The van der Waals surface area contributed by atoms with Gasteiger partial charge in [0, 0.05) is 0 Å². The van der Waals surface area contributed by atoms with Gasteiger partial charge in [-0.3, -0.25) is 0 Å². The van der Waals surface area contributed by atoms with Gasteiger partial charge in [0.05, 0.1) is 0 Å². The van der Waals surface area contributed by atoms with Gasteiger partial charge in [-0.15, -0.1) is 0 Å². The highest BCUT2D eigenvalue weighted by atomic mass is 14.7. The van der Waals surface area contributed by atoms with E-state index in [9.17, 15) is 0 Å². The van der Waals surface area contributed by atoms with Gasteiger partial charge in [0.2, 0.25) is 0 Å². The van der Waals surface area contributed by atoms with Crippen molar-refractivity contribution in [1.29, 1.82) is 0 Å². The number of rotatable bonds is 6. The third-order valence-electron chi connectivity index (χ3n) is 29.5. The van der Waals surface area contributed by atoms with Crippen molar-refractivity contribution in [1.82, 2.24) is 0 Å². The molecule has 0 N–H and O–H groups in total. The van der Waals surface area contributed by atoms with Gasteiger partial charge in [0.1, 0.15) is 0 Å². The van der Waals surface area contributed by atoms with Crippen LogP contribution in [0.2, 0.25) is 0 Å². The van der Waals surface area contributed by atoms with Crippen molar-refractivity contribution in [3.05, 3.63) is 0 Å². The molecule has 15 fully saturated rings. The molecule has 15 aliphatic carbocycles. The molecule has 21 atom stereocenters. The van der Waals surface area contributed by atoms with Crippen LogP contribution in [0.3, 0.4) is 0 Å². The lowest BCUT2D eigenvalue weighted by Gasteiger charge is -2.65. The Hall–Kier alpha value is 0. The van der Waals surface area contributed by atoms with Gasteiger partial charge in [-0.1, -0.05) is 173 Å². The predicted molar refractivity (Wildman–Crippen MR) is 282 cm³/mol. The minimum atomic E-state index is 1.09. The standard InChI is InChI=1S/C68H108/c1-6-18-41(19-7-1)59-60(42-20-8-2-9-21-42)62(44-24-12-4-13-25-44)64(63(45-26-14-5-15-27-45)61(59)43-22-10-3-11-23-43)46-30-31-49-52-34-37-55-53-35-32-50-47-28-16-17-29-48(47)51-33-36-54(67(53)65(50)51)56-38-39-57(58(49)40-46)66(52)68(55)56/h41-68H,1-40H2. The molecule has 15 saturated carbocycles. The van der Waals surface area contributed by atoms with E-state index < -0.39 is 0 Å². The molecule has 0 amide bonds. The summed E-state index contributed by atoms with van der Waals surface area (Å²) in [5.74, 6) is 31.9. The summed E-state index contributed by atoms with van der Waals surface area (Å²) < 4.78 is 0. The second-order valence-corrected chi connectivity index (χ2v) is 30.9. The Morgan fingerprint density at radius 2 is 0.324 bits per heavy atom. The summed E-state index contributed by atoms with van der Waals surface area (Å²) >= 11 is 0. The molecule has 0 aromatic heterocycles. The third-order valence-corrected chi connectivity index (χ3v) is 29.5. The van der Waals surface area contributed by atoms with Crippen LogP contribution in [0, 0.1) is 166 Å². The van der Waals surface area contributed by atoms with Gasteiger partial charge < -0.3 is 0 Å². The van der Waals surface area contributed by atoms with Crippen molar-refractivity contribution >= 4 is 0 Å². The number of hydrogen-bond acceptors (Lipinski definition) is 0. The average molecular weight is 926 g/mol. The van der Waals surface area contributed by atoms with Crippen LogP contribution in [-0.2, 0) is 0 Å². The van der Waals surface area contributed by atoms with E-state index in [1.54, 1.807) is 257 Å². The quantitative estimate of drug-likeness (QED) is 0.249. The molecule has 68 heavy (non-hydrogen) atoms. The highest BCUT2D eigenvalue weighted by Crippen LogP contribution is 2.76. The second kappa shape index (κ2) is 19.0. The van der Waals surface area contributed by atoms with E-state index in [0.29, 0.717) is 0 Å². The molecular formula is C68H108. The van der Waals surface area contributed by atoms with E-state index in [2.05, 4.69) is 0 Å². The van der Waals surface area contributed by atoms with Crippen LogP contribution in [0.15, 0.2) is 0 Å². The van der Waals surface area contributed by atoms with Crippen LogP contribution < -0.4 is 0 Å². The van der Waals surface area contributed by atoms with Crippen molar-refractivity contribution in [2.75, 3.05) is 0 Å². The van der Waals surface area contributed by atoms with E-state index in [1.807, 2.05) is 0 Å². The molecule has 21 unspecified atom stereocenters. The summed E-state index contributed by atoms with van der Waals surface area (Å²) in [5.41, 5.74) is 0. The maximum absolute atomic E-state index is 1.76. The molecule has 0 bridgehead atoms. The first-order valence-electron chi connectivity index (χ1n) is 33.8. The molecule has 0 aromatic rings. The molecule has 0 heteroatoms. The van der Waals surface area contributed by atoms with Crippen molar-refractivity contribution in [3.63, 3.8) is 0 Å². The molecule has 0 saturated heterocycles. The molecule has 0 heterocycles. The molecule has 15 aliphatic rings. The maximum atomic E-state index is 1.76. The van der Waals surface area contributed by atoms with Crippen LogP contribution in [0.5, 0.6) is 0 Å². The summed E-state index contributed by atoms with van der Waals surface area (Å²) in [4.78, 5) is 0. The molecule has 0 spiro atoms. The molecule has 15 rings (SSSR count). The monoisotopic (exact) mass is 925 g/mol. The van der Waals surface area contributed by atoms with Gasteiger partial charge in [-0.05, 0) is 249 Å². The minimum absolute atomic E-state index is 1.09. The fourth-order valence-corrected chi connectivity index (χ4v) is 28.4. The fraction of sp³-hybridized carbons (Fsp3) is 1.00. The zero-order valence-electron chi connectivity index (χ0n) is 44.5. The SMILES string of the molecule is C1CCC(C2C(C3CCCCC3)C(C3CCCCC3)C(C3CCC4C(C3)C3CCC5C6CCC7C8CCCCC8C8CCC(C9CCC4C3C95)C6C87)C(C3CCCCC3)C2C2CCCCC2)CC1. The summed E-state index contributed by atoms with van der Waals surface area (Å²) in [5, 5.41) is 0. The summed E-state index contributed by atoms with van der Waals surface area (Å²) in [6, 6.07) is 0. The number of fused-ring (bicyclic) bond motifs is 8. The van der Waals surface area contributed by atoms with E-state index in [0.717, 1.165) is 107 Å². The van der Waals surface area contributed by atoms with Crippen molar-refractivity contribution in [2.24, 2.45) is 166 Å². The second-order valence-electron chi connectivity index (χ2n) is 30.9. The van der Waals surface area contributed by atoms with Gasteiger partial charge in [0.25, 0.3) is 0 Å². The zero-order chi connectivity index (χ0) is 44.5. The molecule has 380 valence electrons. The Morgan fingerprint density at radius 3 is 0.618 bits per heavy atom. The Morgan fingerprint density at radius 1 is 0.118 bits per heavy atom. The smallest absolute Gasteiger partial charge is 0.0318 e. The number of hydrogen-bond donors (Lipinski definition) is 0. The Bertz CT molecular complexity index is 1610. The first-order valence-corrected chi connectivity index (χ1v) is 33.8. The lowest BCUT2D eigenvalue weighted by molar-refractivity contribution is -0.172. The Balaban J connectivity index is 0.792. The van der Waals surface area contributed by atoms with Crippen LogP contribution >= 0.6 is 0 Å². The summed E-state index contributed by atoms with van der Waals surface area (Å²) in [6.45, 7) is 0. The summed E-state index contributed by atoms with van der Waals surface area (Å²) in [7, 11) is 0. The average Bonchev–Trinajstić information content (AvgIpc) is 3.93. The van der Waals surface area contributed by atoms with E-state index in [1.165, 1.54) is 59.2 Å². The molecule has 0 radical (unpaired) electrons. The van der Waals surface area contributed by atoms with E-state index >= 15 is 0 Å². The normalized spacial score (nSPS) is 54.6. The predicted octanol–water partition coefficient (Wildman–Crippen LogP) is 19.0. The van der Waals surface area contributed by atoms with Crippen LogP contribution in [0.4, 0.5) is 0 Å². The van der Waals surface area contributed by atoms with E-state index in [4.69, 9.17) is 0 Å². The van der Waals surface area contributed by atoms with Crippen molar-refractivity contribution < 1.29 is 0 Å². The van der Waals surface area contributed by atoms with Crippen molar-refractivity contribution in [3.8, 4) is 0 Å². The Kier molecular flexibility index (Phi) is 12.7. The largest absolute Gasteiger partial charge is 0.0533 e. The molecule has 0 nitrogen and oxygen atoms in total. The zero-order valence-corrected chi connectivity index (χ0v) is 44.5. The highest BCUT2D eigenvalue weighted by Gasteiger charge is 2.70. The lowest BCUT2D eigenvalue weighted by atomic mass is 9.40. The van der Waals surface area contributed by atoms with Gasteiger partial charge in [-0.25, -0.2) is 0 Å². The molecule has 0 aromatic carbocycles. The van der Waals surface area contributed by atoms with Gasteiger partial charge in [-0.2, -0.15) is 0 Å². The van der Waals surface area contributed by atoms with E-state index in [-0.39, 0.29) is 0 Å². The Labute approximate surface area is 420 Å². The van der Waals surface area contributed by atoms with Gasteiger partial charge >= 0.3 is 0 Å². The van der Waals surface area contributed by atoms with Crippen LogP contribution in [0.1, 0.15) is 257 Å². The third kappa shape index (κ3) is 7.26. The maximum Gasteiger partial charge on any atom is -0.0318 e. The lowest BCUT2D eigenvalue weighted by Crippen LogP contribution is -2.59. The minimum Gasteiger partial charge on any atom is -0.0533 e. The first kappa shape index (κ1) is 45.4. The van der Waals surface area contributed by atoms with Gasteiger partial charge in [0.15, 0.2) is 0 Å². The van der Waals surface area contributed by atoms with Crippen LogP contribution in [-0.4, -0.2) is 0 Å². The summed E-state index contributed by atoms with van der Waals surface area (Å²) in [6.07, 6.45) is 65.4. The highest BCUT2D eigenvalue weighted by molar-refractivity contribution is 5.18. The topological polar surface area (TPSA) is 0 Å².